The van der Waals surface area contributed by atoms with Gasteiger partial charge in [-0.3, -0.25) is 4.79 Å². The Morgan fingerprint density at radius 3 is 2.94 bits per heavy atom. The van der Waals surface area contributed by atoms with Crippen LogP contribution >= 0.6 is 0 Å². The van der Waals surface area contributed by atoms with E-state index >= 15 is 0 Å². The highest BCUT2D eigenvalue weighted by Crippen LogP contribution is 2.08. The second kappa shape index (κ2) is 6.30. The molecule has 1 rings (SSSR count). The van der Waals surface area contributed by atoms with Gasteiger partial charge in [-0.1, -0.05) is 11.8 Å². The van der Waals surface area contributed by atoms with Crippen LogP contribution in [0.15, 0.2) is 18.2 Å². The summed E-state index contributed by atoms with van der Waals surface area (Å²) in [7, 11) is 0. The van der Waals surface area contributed by atoms with Crippen molar-refractivity contribution in [3.05, 3.63) is 35.1 Å². The lowest BCUT2D eigenvalue weighted by Gasteiger charge is -1.95. The number of rotatable bonds is 2. The molecule has 0 aliphatic carbocycles. The van der Waals surface area contributed by atoms with Crippen LogP contribution in [0, 0.1) is 29.0 Å². The van der Waals surface area contributed by atoms with E-state index in [1.165, 1.54) is 18.2 Å². The van der Waals surface area contributed by atoms with Crippen molar-refractivity contribution in [1.82, 2.24) is 0 Å². The molecule has 0 amide bonds. The van der Waals surface area contributed by atoms with Gasteiger partial charge in [0.05, 0.1) is 12.2 Å². The third-order valence-corrected chi connectivity index (χ3v) is 1.86. The number of hydrogen-bond acceptors (Lipinski definition) is 3. The van der Waals surface area contributed by atoms with Gasteiger partial charge in [0.2, 0.25) is 0 Å². The molecule has 0 aliphatic heterocycles. The monoisotopic (exact) mass is 231 g/mol. The van der Waals surface area contributed by atoms with Crippen molar-refractivity contribution in [3.8, 4) is 17.9 Å². The fourth-order valence-corrected chi connectivity index (χ4v) is 1.12. The lowest BCUT2D eigenvalue weighted by molar-refractivity contribution is -0.141. The zero-order valence-electron chi connectivity index (χ0n) is 9.29. The van der Waals surface area contributed by atoms with Crippen molar-refractivity contribution in [2.45, 2.75) is 13.3 Å². The van der Waals surface area contributed by atoms with E-state index in [1.54, 1.807) is 13.0 Å². The maximum Gasteiger partial charge on any atom is 0.317 e. The smallest absolute Gasteiger partial charge is 0.317 e. The number of nitrogens with zero attached hydrogens (tertiary/aromatic N) is 1. The van der Waals surface area contributed by atoms with Gasteiger partial charge in [-0.05, 0) is 25.1 Å². The minimum Gasteiger partial charge on any atom is -0.465 e. The summed E-state index contributed by atoms with van der Waals surface area (Å²) < 4.78 is 17.7. The molecular formula is C13H10FNO2. The van der Waals surface area contributed by atoms with Crippen LogP contribution in [0.5, 0.6) is 0 Å². The number of halogens is 1. The van der Waals surface area contributed by atoms with Crippen LogP contribution in [0.25, 0.3) is 0 Å². The molecule has 4 heteroatoms. The summed E-state index contributed by atoms with van der Waals surface area (Å²) >= 11 is 0. The normalized spacial score (nSPS) is 8.76. The Balaban J connectivity index is 2.73. The molecule has 0 spiro atoms. The van der Waals surface area contributed by atoms with Crippen molar-refractivity contribution in [1.29, 1.82) is 5.26 Å². The molecule has 0 radical (unpaired) electrons. The van der Waals surface area contributed by atoms with Gasteiger partial charge in [0.25, 0.3) is 0 Å². The molecular weight excluding hydrogens is 221 g/mol. The summed E-state index contributed by atoms with van der Waals surface area (Å²) in [5.41, 5.74) is 0.431. The largest absolute Gasteiger partial charge is 0.465 e. The predicted octanol–water partition coefficient (Wildman–Crippen LogP) is 2.00. The Morgan fingerprint density at radius 1 is 1.53 bits per heavy atom. The minimum absolute atomic E-state index is 0.0207. The van der Waals surface area contributed by atoms with Crippen LogP contribution in [0.3, 0.4) is 0 Å². The summed E-state index contributed by atoms with van der Waals surface area (Å²) in [6, 6.07) is 5.69. The van der Waals surface area contributed by atoms with E-state index in [0.717, 1.165) is 0 Å². The maximum absolute atomic E-state index is 13.0. The number of nitriles is 1. The number of hydrogen-bond donors (Lipinski definition) is 0. The Kier molecular flexibility index (Phi) is 4.72. The third kappa shape index (κ3) is 3.96. The average Bonchev–Trinajstić information content (AvgIpc) is 2.31. The molecule has 0 aromatic heterocycles. The first-order valence-electron chi connectivity index (χ1n) is 5.01. The van der Waals surface area contributed by atoms with Gasteiger partial charge in [0.1, 0.15) is 18.3 Å². The number of esters is 1. The van der Waals surface area contributed by atoms with Crippen molar-refractivity contribution in [3.63, 3.8) is 0 Å². The second-order valence-electron chi connectivity index (χ2n) is 3.09. The summed E-state index contributed by atoms with van der Waals surface area (Å²) in [6.45, 7) is 2.03. The highest BCUT2D eigenvalue weighted by Gasteiger charge is 2.01. The van der Waals surface area contributed by atoms with E-state index in [-0.39, 0.29) is 12.0 Å². The SMILES string of the molecule is CCOC(=O)CC#Cc1ccc(F)c(C#N)c1. The Labute approximate surface area is 98.8 Å². The summed E-state index contributed by atoms with van der Waals surface area (Å²) in [4.78, 5) is 11.0. The molecule has 3 nitrogen and oxygen atoms in total. The Morgan fingerprint density at radius 2 is 2.29 bits per heavy atom. The molecule has 0 unspecified atom stereocenters. The fraction of sp³-hybridized carbons (Fsp3) is 0.231. The molecule has 0 aliphatic rings. The average molecular weight is 231 g/mol. The molecule has 1 aromatic carbocycles. The number of benzene rings is 1. The first-order chi connectivity index (χ1) is 8.17. The van der Waals surface area contributed by atoms with Crippen LogP contribution in [0.1, 0.15) is 24.5 Å². The van der Waals surface area contributed by atoms with Gasteiger partial charge in [0.15, 0.2) is 0 Å². The molecule has 1 aromatic rings. The van der Waals surface area contributed by atoms with E-state index < -0.39 is 11.8 Å². The summed E-state index contributed by atoms with van der Waals surface area (Å²) in [5, 5.41) is 8.61. The van der Waals surface area contributed by atoms with Crippen molar-refractivity contribution >= 4 is 5.97 Å². The standard InChI is InChI=1S/C13H10FNO2/c1-2-17-13(16)5-3-4-10-6-7-12(14)11(8-10)9-15/h6-8H,2,5H2,1H3. The highest BCUT2D eigenvalue weighted by atomic mass is 19.1. The van der Waals surface area contributed by atoms with Gasteiger partial charge < -0.3 is 4.74 Å². The van der Waals surface area contributed by atoms with Crippen LogP contribution in [0.2, 0.25) is 0 Å². The topological polar surface area (TPSA) is 50.1 Å². The lowest BCUT2D eigenvalue weighted by Crippen LogP contribution is -2.01. The highest BCUT2D eigenvalue weighted by molar-refractivity contribution is 5.72. The van der Waals surface area contributed by atoms with Gasteiger partial charge in [-0.25, -0.2) is 4.39 Å². The van der Waals surface area contributed by atoms with Gasteiger partial charge in [-0.15, -0.1) is 0 Å². The predicted molar refractivity (Wildman–Crippen MR) is 59.2 cm³/mol. The molecule has 0 heterocycles. The zero-order chi connectivity index (χ0) is 12.7. The zero-order valence-corrected chi connectivity index (χ0v) is 9.29. The minimum atomic E-state index is -0.580. The van der Waals surface area contributed by atoms with E-state index in [9.17, 15) is 9.18 Å². The molecule has 0 fully saturated rings. The summed E-state index contributed by atoms with van der Waals surface area (Å²) in [5.74, 6) is 4.29. The molecule has 0 saturated carbocycles. The van der Waals surface area contributed by atoms with Gasteiger partial charge in [0, 0.05) is 5.56 Å². The van der Waals surface area contributed by atoms with Crippen LogP contribution in [-0.2, 0) is 9.53 Å². The van der Waals surface area contributed by atoms with E-state index in [1.807, 2.05) is 0 Å². The molecule has 86 valence electrons. The van der Waals surface area contributed by atoms with Crippen LogP contribution in [-0.4, -0.2) is 12.6 Å². The van der Waals surface area contributed by atoms with E-state index in [2.05, 4.69) is 11.8 Å². The van der Waals surface area contributed by atoms with Crippen molar-refractivity contribution < 1.29 is 13.9 Å². The molecule has 0 saturated heterocycles. The Hall–Kier alpha value is -2.33. The van der Waals surface area contributed by atoms with Gasteiger partial charge >= 0.3 is 5.97 Å². The number of carbonyl (C=O) groups is 1. The third-order valence-electron chi connectivity index (χ3n) is 1.86. The number of ether oxygens (including phenoxy) is 1. The fourth-order valence-electron chi connectivity index (χ4n) is 1.12. The second-order valence-corrected chi connectivity index (χ2v) is 3.09. The molecule has 0 N–H and O–H groups in total. The summed E-state index contributed by atoms with van der Waals surface area (Å²) in [6.07, 6.45) is -0.0207. The molecule has 0 bridgehead atoms. The first kappa shape index (κ1) is 12.7. The molecule has 0 atom stereocenters. The first-order valence-corrected chi connectivity index (χ1v) is 5.01. The number of carbonyl (C=O) groups excluding carboxylic acids is 1. The van der Waals surface area contributed by atoms with Crippen molar-refractivity contribution in [2.24, 2.45) is 0 Å². The maximum atomic E-state index is 13.0. The quantitative estimate of drug-likeness (QED) is 0.577. The van der Waals surface area contributed by atoms with Gasteiger partial charge in [-0.2, -0.15) is 5.26 Å². The van der Waals surface area contributed by atoms with Crippen molar-refractivity contribution in [2.75, 3.05) is 6.61 Å². The van der Waals surface area contributed by atoms with Crippen LogP contribution in [0.4, 0.5) is 4.39 Å². The van der Waals surface area contributed by atoms with Crippen LogP contribution < -0.4 is 0 Å². The Bertz CT molecular complexity index is 520. The van der Waals surface area contributed by atoms with E-state index in [0.29, 0.717) is 12.2 Å². The lowest BCUT2D eigenvalue weighted by atomic mass is 10.1. The van der Waals surface area contributed by atoms with E-state index in [4.69, 9.17) is 10.00 Å². The molecule has 17 heavy (non-hydrogen) atoms.